The number of unbranched alkanes of at least 4 members (excludes halogenated alkanes) is 1. The maximum Gasteiger partial charge on any atom is 0.329 e. The van der Waals surface area contributed by atoms with Crippen LogP contribution in [0, 0.1) is 0 Å². The Morgan fingerprint density at radius 3 is 2.12 bits per heavy atom. The highest BCUT2D eigenvalue weighted by molar-refractivity contribution is 6.39. The Bertz CT molecular complexity index is 1310. The minimum absolute atomic E-state index is 0.235. The average molecular weight is 549 g/mol. The molecule has 0 spiro atoms. The molecule has 0 aliphatic carbocycles. The molecule has 0 saturated heterocycles. The van der Waals surface area contributed by atoms with Gasteiger partial charge in [-0.2, -0.15) is 5.10 Å². The van der Waals surface area contributed by atoms with Gasteiger partial charge in [0.05, 0.1) is 27.0 Å². The summed E-state index contributed by atoms with van der Waals surface area (Å²) in [5, 5.41) is 9.07. The SMILES string of the molecule is CCCCOc1ccc(NC(=O)C(=O)N/N=C\c2cccc(OC)c2OCC(=O)Nc2ccc(OC)cc2)cc1. The van der Waals surface area contributed by atoms with E-state index in [1.54, 1.807) is 73.8 Å². The predicted octanol–water partition coefficient (Wildman–Crippen LogP) is 3.99. The van der Waals surface area contributed by atoms with Crippen molar-refractivity contribution in [2.24, 2.45) is 5.10 Å². The highest BCUT2D eigenvalue weighted by Crippen LogP contribution is 2.30. The summed E-state index contributed by atoms with van der Waals surface area (Å²) < 4.78 is 21.7. The molecule has 3 amide bonds. The fourth-order valence-corrected chi connectivity index (χ4v) is 3.33. The number of hydrogen-bond donors (Lipinski definition) is 3. The summed E-state index contributed by atoms with van der Waals surface area (Å²) in [5.74, 6) is -0.331. The number of methoxy groups -OCH3 is 2. The van der Waals surface area contributed by atoms with Crippen LogP contribution in [0.5, 0.6) is 23.0 Å². The lowest BCUT2D eigenvalue weighted by atomic mass is 10.2. The zero-order valence-corrected chi connectivity index (χ0v) is 22.6. The molecule has 0 saturated carbocycles. The van der Waals surface area contributed by atoms with Crippen LogP contribution in [-0.4, -0.2) is 51.4 Å². The first-order chi connectivity index (χ1) is 19.4. The molecule has 0 atom stereocenters. The Balaban J connectivity index is 1.55. The van der Waals surface area contributed by atoms with Crippen LogP contribution in [0.2, 0.25) is 0 Å². The van der Waals surface area contributed by atoms with Gasteiger partial charge in [-0.3, -0.25) is 14.4 Å². The average Bonchev–Trinajstić information content (AvgIpc) is 2.97. The number of para-hydroxylation sites is 1. The van der Waals surface area contributed by atoms with E-state index >= 15 is 0 Å². The molecule has 0 unspecified atom stereocenters. The molecule has 210 valence electrons. The van der Waals surface area contributed by atoms with Gasteiger partial charge in [-0.05, 0) is 67.1 Å². The summed E-state index contributed by atoms with van der Waals surface area (Å²) in [7, 11) is 3.01. The zero-order chi connectivity index (χ0) is 28.7. The fourth-order valence-electron chi connectivity index (χ4n) is 3.33. The van der Waals surface area contributed by atoms with Gasteiger partial charge >= 0.3 is 11.8 Å². The highest BCUT2D eigenvalue weighted by Gasteiger charge is 2.15. The van der Waals surface area contributed by atoms with Crippen molar-refractivity contribution in [3.8, 4) is 23.0 Å². The zero-order valence-electron chi connectivity index (χ0n) is 22.6. The van der Waals surface area contributed by atoms with Crippen molar-refractivity contribution in [2.75, 3.05) is 38.1 Å². The summed E-state index contributed by atoms with van der Waals surface area (Å²) in [6.45, 7) is 2.37. The van der Waals surface area contributed by atoms with Crippen LogP contribution in [0.4, 0.5) is 11.4 Å². The number of carbonyl (C=O) groups is 3. The third kappa shape index (κ3) is 9.05. The van der Waals surface area contributed by atoms with Gasteiger partial charge in [0, 0.05) is 16.9 Å². The summed E-state index contributed by atoms with van der Waals surface area (Å²) in [4.78, 5) is 36.9. The first-order valence-corrected chi connectivity index (χ1v) is 12.5. The first kappa shape index (κ1) is 29.5. The van der Waals surface area contributed by atoms with Gasteiger partial charge in [-0.25, -0.2) is 5.43 Å². The van der Waals surface area contributed by atoms with Crippen molar-refractivity contribution < 1.29 is 33.3 Å². The van der Waals surface area contributed by atoms with E-state index in [9.17, 15) is 14.4 Å². The molecular weight excluding hydrogens is 516 g/mol. The number of benzene rings is 3. The largest absolute Gasteiger partial charge is 0.497 e. The van der Waals surface area contributed by atoms with Crippen molar-refractivity contribution in [3.05, 3.63) is 72.3 Å². The molecule has 0 heterocycles. The van der Waals surface area contributed by atoms with Gasteiger partial charge < -0.3 is 29.6 Å². The topological polar surface area (TPSA) is 137 Å². The van der Waals surface area contributed by atoms with Crippen LogP contribution in [0.3, 0.4) is 0 Å². The van der Waals surface area contributed by atoms with E-state index in [1.807, 2.05) is 0 Å². The molecule has 3 aromatic carbocycles. The van der Waals surface area contributed by atoms with E-state index < -0.39 is 17.7 Å². The van der Waals surface area contributed by atoms with Gasteiger partial charge in [0.25, 0.3) is 5.91 Å². The van der Waals surface area contributed by atoms with E-state index in [1.165, 1.54) is 13.3 Å². The lowest BCUT2D eigenvalue weighted by Crippen LogP contribution is -2.32. The van der Waals surface area contributed by atoms with Gasteiger partial charge in [-0.1, -0.05) is 19.4 Å². The minimum Gasteiger partial charge on any atom is -0.497 e. The number of nitrogens with one attached hydrogen (secondary N) is 3. The third-order valence-electron chi connectivity index (χ3n) is 5.41. The smallest absolute Gasteiger partial charge is 0.329 e. The predicted molar refractivity (Wildman–Crippen MR) is 151 cm³/mol. The van der Waals surface area contributed by atoms with Gasteiger partial charge in [0.1, 0.15) is 11.5 Å². The molecule has 11 heteroatoms. The third-order valence-corrected chi connectivity index (χ3v) is 5.41. The van der Waals surface area contributed by atoms with Crippen LogP contribution < -0.4 is 35.0 Å². The van der Waals surface area contributed by atoms with Crippen molar-refractivity contribution in [1.29, 1.82) is 0 Å². The number of nitrogens with zero attached hydrogens (tertiary/aromatic N) is 1. The normalized spacial score (nSPS) is 10.5. The van der Waals surface area contributed by atoms with Crippen LogP contribution in [0.25, 0.3) is 0 Å². The maximum atomic E-state index is 12.4. The summed E-state index contributed by atoms with van der Waals surface area (Å²) in [5.41, 5.74) is 3.60. The van der Waals surface area contributed by atoms with E-state index in [4.69, 9.17) is 18.9 Å². The Morgan fingerprint density at radius 1 is 0.800 bits per heavy atom. The summed E-state index contributed by atoms with van der Waals surface area (Å²) in [6, 6.07) is 18.5. The fraction of sp³-hybridized carbons (Fsp3) is 0.241. The molecule has 0 radical (unpaired) electrons. The van der Waals surface area contributed by atoms with E-state index in [2.05, 4.69) is 28.1 Å². The molecule has 0 aromatic heterocycles. The van der Waals surface area contributed by atoms with Crippen LogP contribution >= 0.6 is 0 Å². The molecule has 0 aliphatic heterocycles. The van der Waals surface area contributed by atoms with Crippen molar-refractivity contribution in [2.45, 2.75) is 19.8 Å². The Labute approximate surface area is 232 Å². The second-order valence-corrected chi connectivity index (χ2v) is 8.32. The van der Waals surface area contributed by atoms with Crippen LogP contribution in [-0.2, 0) is 14.4 Å². The number of rotatable bonds is 13. The lowest BCUT2D eigenvalue weighted by Gasteiger charge is -2.13. The lowest BCUT2D eigenvalue weighted by molar-refractivity contribution is -0.136. The molecule has 3 N–H and O–H groups in total. The van der Waals surface area contributed by atoms with Crippen LogP contribution in [0.1, 0.15) is 25.3 Å². The number of carbonyl (C=O) groups excluding carboxylic acids is 3. The number of amides is 3. The summed E-state index contributed by atoms with van der Waals surface area (Å²) >= 11 is 0. The molecule has 0 fully saturated rings. The van der Waals surface area contributed by atoms with Crippen molar-refractivity contribution in [3.63, 3.8) is 0 Å². The van der Waals surface area contributed by atoms with E-state index in [0.29, 0.717) is 40.8 Å². The number of hydrogen-bond acceptors (Lipinski definition) is 8. The van der Waals surface area contributed by atoms with Gasteiger partial charge in [-0.15, -0.1) is 0 Å². The van der Waals surface area contributed by atoms with Crippen LogP contribution in [0.15, 0.2) is 71.8 Å². The second kappa shape index (κ2) is 15.4. The number of ether oxygens (including phenoxy) is 4. The second-order valence-electron chi connectivity index (χ2n) is 8.32. The maximum absolute atomic E-state index is 12.4. The molecule has 3 rings (SSSR count). The highest BCUT2D eigenvalue weighted by atomic mass is 16.5. The van der Waals surface area contributed by atoms with Crippen molar-refractivity contribution >= 4 is 35.3 Å². The molecule has 0 aliphatic rings. The van der Waals surface area contributed by atoms with Gasteiger partial charge in [0.15, 0.2) is 18.1 Å². The summed E-state index contributed by atoms with van der Waals surface area (Å²) in [6.07, 6.45) is 3.26. The van der Waals surface area contributed by atoms with E-state index in [0.717, 1.165) is 12.8 Å². The number of anilines is 2. The van der Waals surface area contributed by atoms with Crippen molar-refractivity contribution in [1.82, 2.24) is 5.43 Å². The Kier molecular flexibility index (Phi) is 11.3. The Hall–Kier alpha value is -5.06. The molecule has 3 aromatic rings. The molecular formula is C29H32N4O7. The Morgan fingerprint density at radius 2 is 1.48 bits per heavy atom. The minimum atomic E-state index is -0.969. The van der Waals surface area contributed by atoms with Gasteiger partial charge in [0.2, 0.25) is 0 Å². The quantitative estimate of drug-likeness (QED) is 0.127. The monoisotopic (exact) mass is 548 g/mol. The standard InChI is InChI=1S/C29H32N4O7/c1-4-5-17-39-24-15-11-22(12-16-24)32-28(35)29(36)33-30-18-20-7-6-8-25(38-3)27(20)40-19-26(34)31-21-9-13-23(37-2)14-10-21/h6-16,18H,4-5,17,19H2,1-3H3,(H,31,34)(H,32,35)(H,33,36)/b30-18-. The molecule has 11 nitrogen and oxygen atoms in total. The first-order valence-electron chi connectivity index (χ1n) is 12.5. The van der Waals surface area contributed by atoms with E-state index in [-0.39, 0.29) is 12.4 Å². The number of hydrazone groups is 1. The molecule has 40 heavy (non-hydrogen) atoms. The molecule has 0 bridgehead atoms.